The Morgan fingerprint density at radius 3 is 2.95 bits per heavy atom. The Kier molecular flexibility index (Phi) is 4.42. The highest BCUT2D eigenvalue weighted by atomic mass is 16.5. The van der Waals surface area contributed by atoms with Gasteiger partial charge in [-0.2, -0.15) is 0 Å². The topological polar surface area (TPSA) is 37.4 Å². The highest BCUT2D eigenvalue weighted by Gasteiger charge is 2.31. The normalized spacial score (nSPS) is 18.9. The van der Waals surface area contributed by atoms with E-state index >= 15 is 0 Å². The lowest BCUT2D eigenvalue weighted by atomic mass is 10.0. The van der Waals surface area contributed by atoms with Crippen molar-refractivity contribution in [3.8, 4) is 0 Å². The van der Waals surface area contributed by atoms with Gasteiger partial charge in [-0.3, -0.25) is 4.98 Å². The molecule has 4 heteroatoms. The lowest BCUT2D eigenvalue weighted by Gasteiger charge is -2.44. The Morgan fingerprint density at radius 2 is 2.26 bits per heavy atom. The molecule has 0 radical (unpaired) electrons. The molecule has 1 N–H and O–H groups in total. The van der Waals surface area contributed by atoms with Crippen molar-refractivity contribution in [1.82, 2.24) is 10.3 Å². The van der Waals surface area contributed by atoms with Gasteiger partial charge in [0.15, 0.2) is 0 Å². The van der Waals surface area contributed by atoms with E-state index in [4.69, 9.17) is 4.74 Å². The summed E-state index contributed by atoms with van der Waals surface area (Å²) >= 11 is 0. The molecule has 0 spiro atoms. The fraction of sp³-hybridized carbons (Fsp3) is 0.667. The molecule has 2 heterocycles. The molecule has 0 aromatic carbocycles. The van der Waals surface area contributed by atoms with Gasteiger partial charge in [0, 0.05) is 42.8 Å². The van der Waals surface area contributed by atoms with Crippen LogP contribution in [0.4, 0.5) is 5.69 Å². The number of anilines is 1. The van der Waals surface area contributed by atoms with E-state index in [1.165, 1.54) is 11.3 Å². The molecule has 1 aromatic rings. The molecule has 1 aliphatic rings. The number of aromatic nitrogens is 1. The minimum Gasteiger partial charge on any atom is -0.377 e. The maximum Gasteiger partial charge on any atom is 0.0694 e. The van der Waals surface area contributed by atoms with Crippen molar-refractivity contribution < 1.29 is 4.74 Å². The van der Waals surface area contributed by atoms with E-state index in [0.29, 0.717) is 6.04 Å². The van der Waals surface area contributed by atoms with E-state index < -0.39 is 0 Å². The molecule has 106 valence electrons. The van der Waals surface area contributed by atoms with Gasteiger partial charge in [-0.15, -0.1) is 0 Å². The third kappa shape index (κ3) is 3.45. The summed E-state index contributed by atoms with van der Waals surface area (Å²) in [6.45, 7) is 12.1. The summed E-state index contributed by atoms with van der Waals surface area (Å²) in [6.07, 6.45) is 3.84. The molecule has 1 aliphatic heterocycles. The van der Waals surface area contributed by atoms with Gasteiger partial charge in [0.05, 0.1) is 18.8 Å². The Bertz CT molecular complexity index is 418. The lowest BCUT2D eigenvalue weighted by Crippen LogP contribution is -2.53. The largest absolute Gasteiger partial charge is 0.377 e. The number of nitrogens with one attached hydrogen (secondary N) is 1. The molecular formula is C15H25N3O. The Labute approximate surface area is 116 Å². The van der Waals surface area contributed by atoms with Gasteiger partial charge >= 0.3 is 0 Å². The van der Waals surface area contributed by atoms with Crippen LogP contribution in [0.5, 0.6) is 0 Å². The maximum absolute atomic E-state index is 5.60. The van der Waals surface area contributed by atoms with Gasteiger partial charge in [0.2, 0.25) is 0 Å². The number of pyridine rings is 1. The van der Waals surface area contributed by atoms with Gasteiger partial charge < -0.3 is 15.0 Å². The first-order chi connectivity index (χ1) is 9.00. The summed E-state index contributed by atoms with van der Waals surface area (Å²) in [4.78, 5) is 6.71. The zero-order chi connectivity index (χ0) is 13.9. The Balaban J connectivity index is 2.23. The predicted molar refractivity (Wildman–Crippen MR) is 78.5 cm³/mol. The van der Waals surface area contributed by atoms with Crippen LogP contribution in [0, 0.1) is 0 Å². The van der Waals surface area contributed by atoms with Crippen LogP contribution in [0.2, 0.25) is 0 Å². The molecule has 0 amide bonds. The maximum atomic E-state index is 5.60. The molecule has 0 atom stereocenters. The van der Waals surface area contributed by atoms with Crippen molar-refractivity contribution in [2.45, 2.75) is 45.8 Å². The second kappa shape index (κ2) is 5.88. The van der Waals surface area contributed by atoms with Crippen LogP contribution in [-0.4, -0.2) is 36.3 Å². The van der Waals surface area contributed by atoms with E-state index in [1.54, 1.807) is 0 Å². The number of hydrogen-bond acceptors (Lipinski definition) is 4. The summed E-state index contributed by atoms with van der Waals surface area (Å²) in [5.41, 5.74) is 2.56. The summed E-state index contributed by atoms with van der Waals surface area (Å²) in [7, 11) is 0. The molecule has 1 fully saturated rings. The quantitative estimate of drug-likeness (QED) is 0.903. The van der Waals surface area contributed by atoms with E-state index in [2.05, 4.69) is 49.0 Å². The minimum absolute atomic E-state index is 0.0339. The number of morpholine rings is 1. The monoisotopic (exact) mass is 263 g/mol. The lowest BCUT2D eigenvalue weighted by molar-refractivity contribution is 0.0643. The van der Waals surface area contributed by atoms with Crippen molar-refractivity contribution in [3.63, 3.8) is 0 Å². The van der Waals surface area contributed by atoms with Gasteiger partial charge in [0.1, 0.15) is 0 Å². The van der Waals surface area contributed by atoms with Crippen molar-refractivity contribution in [2.24, 2.45) is 0 Å². The van der Waals surface area contributed by atoms with Gasteiger partial charge in [-0.1, -0.05) is 13.8 Å². The van der Waals surface area contributed by atoms with E-state index in [0.717, 1.165) is 26.3 Å². The summed E-state index contributed by atoms with van der Waals surface area (Å²) < 4.78 is 5.60. The molecule has 0 bridgehead atoms. The van der Waals surface area contributed by atoms with Crippen LogP contribution in [0.15, 0.2) is 18.5 Å². The molecule has 0 unspecified atom stereocenters. The van der Waals surface area contributed by atoms with Crippen LogP contribution >= 0.6 is 0 Å². The average Bonchev–Trinajstić information content (AvgIpc) is 2.36. The number of hydrogen-bond donors (Lipinski definition) is 1. The first kappa shape index (κ1) is 14.3. The van der Waals surface area contributed by atoms with Crippen molar-refractivity contribution >= 4 is 5.69 Å². The molecule has 2 rings (SSSR count). The Morgan fingerprint density at radius 1 is 1.47 bits per heavy atom. The molecule has 0 aliphatic carbocycles. The average molecular weight is 263 g/mol. The van der Waals surface area contributed by atoms with E-state index in [-0.39, 0.29) is 5.54 Å². The molecular weight excluding hydrogens is 238 g/mol. The second-order valence-electron chi connectivity index (χ2n) is 6.06. The predicted octanol–water partition coefficient (Wildman–Crippen LogP) is 2.19. The summed E-state index contributed by atoms with van der Waals surface area (Å²) in [5, 5.41) is 3.47. The van der Waals surface area contributed by atoms with E-state index in [9.17, 15) is 0 Å². The smallest absolute Gasteiger partial charge is 0.0694 e. The molecule has 0 saturated carbocycles. The molecule has 19 heavy (non-hydrogen) atoms. The number of rotatable bonds is 4. The summed E-state index contributed by atoms with van der Waals surface area (Å²) in [6, 6.07) is 2.59. The fourth-order valence-electron chi connectivity index (χ4n) is 2.44. The fourth-order valence-corrected chi connectivity index (χ4v) is 2.44. The highest BCUT2D eigenvalue weighted by Crippen LogP contribution is 2.29. The van der Waals surface area contributed by atoms with Crippen molar-refractivity contribution in [2.75, 3.05) is 24.7 Å². The van der Waals surface area contributed by atoms with Gasteiger partial charge in [0.25, 0.3) is 0 Å². The third-order valence-corrected chi connectivity index (χ3v) is 3.51. The van der Waals surface area contributed by atoms with Crippen LogP contribution < -0.4 is 10.2 Å². The summed E-state index contributed by atoms with van der Waals surface area (Å²) in [5.74, 6) is 0. The zero-order valence-electron chi connectivity index (χ0n) is 12.4. The van der Waals surface area contributed by atoms with Crippen LogP contribution in [0.1, 0.15) is 33.3 Å². The van der Waals surface area contributed by atoms with Crippen LogP contribution in [-0.2, 0) is 11.3 Å². The number of ether oxygens (including phenoxy) is 1. The Hall–Kier alpha value is -1.13. The zero-order valence-corrected chi connectivity index (χ0v) is 12.4. The molecule has 1 saturated heterocycles. The van der Waals surface area contributed by atoms with Gasteiger partial charge in [-0.05, 0) is 19.9 Å². The van der Waals surface area contributed by atoms with Crippen LogP contribution in [0.3, 0.4) is 0 Å². The van der Waals surface area contributed by atoms with Crippen molar-refractivity contribution in [3.05, 3.63) is 24.0 Å². The molecule has 1 aromatic heterocycles. The van der Waals surface area contributed by atoms with Crippen molar-refractivity contribution in [1.29, 1.82) is 0 Å². The number of nitrogens with zero attached hydrogens (tertiary/aromatic N) is 2. The first-order valence-corrected chi connectivity index (χ1v) is 7.02. The minimum atomic E-state index is 0.0339. The van der Waals surface area contributed by atoms with Gasteiger partial charge in [-0.25, -0.2) is 0 Å². The molecule has 4 nitrogen and oxygen atoms in total. The second-order valence-corrected chi connectivity index (χ2v) is 6.06. The standard InChI is InChI=1S/C15H25N3O/c1-12(2)17-10-13-9-16-6-5-14(13)18-7-8-19-11-15(18,3)4/h5-6,9,12,17H,7-8,10-11H2,1-4H3. The van der Waals surface area contributed by atoms with E-state index in [1.807, 2.05) is 12.4 Å². The highest BCUT2D eigenvalue weighted by molar-refractivity contribution is 5.54. The van der Waals surface area contributed by atoms with Crippen LogP contribution in [0.25, 0.3) is 0 Å². The third-order valence-electron chi connectivity index (χ3n) is 3.51. The first-order valence-electron chi connectivity index (χ1n) is 7.02. The SMILES string of the molecule is CC(C)NCc1cnccc1N1CCOCC1(C)C.